The molecule has 1 heterocycles. The molecule has 20 heavy (non-hydrogen) atoms. The van der Waals surface area contributed by atoms with Crippen LogP contribution in [0.3, 0.4) is 0 Å². The molecule has 2 rings (SSSR count). The molecule has 0 saturated carbocycles. The summed E-state index contributed by atoms with van der Waals surface area (Å²) in [4.78, 5) is 15.4. The molecule has 1 amide bonds. The topological polar surface area (TPSA) is 32.8 Å². The van der Waals surface area contributed by atoms with E-state index in [0.717, 1.165) is 45.6 Å². The maximum Gasteiger partial charge on any atom is 0.409 e. The van der Waals surface area contributed by atoms with Crippen LogP contribution < -0.4 is 0 Å². The molecule has 0 spiro atoms. The predicted octanol–water partition coefficient (Wildman–Crippen LogP) is 2.14. The number of hydrogen-bond donors (Lipinski definition) is 0. The van der Waals surface area contributed by atoms with Crippen molar-refractivity contribution in [2.45, 2.75) is 12.8 Å². The van der Waals surface area contributed by atoms with Crippen molar-refractivity contribution in [2.24, 2.45) is 0 Å². The first-order valence-electron chi connectivity index (χ1n) is 6.99. The van der Waals surface area contributed by atoms with Gasteiger partial charge in [0, 0.05) is 26.2 Å². The van der Waals surface area contributed by atoms with Gasteiger partial charge in [0.05, 0.1) is 7.11 Å². The minimum atomic E-state index is -0.240. The van der Waals surface area contributed by atoms with Gasteiger partial charge >= 0.3 is 6.09 Å². The summed E-state index contributed by atoms with van der Waals surface area (Å²) < 4.78 is 17.5. The fourth-order valence-electron chi connectivity index (χ4n) is 2.44. The lowest BCUT2D eigenvalue weighted by molar-refractivity contribution is 0.0907. The number of amides is 1. The Balaban J connectivity index is 1.66. The molecule has 1 aliphatic heterocycles. The highest BCUT2D eigenvalue weighted by Crippen LogP contribution is 2.08. The summed E-state index contributed by atoms with van der Waals surface area (Å²) in [7, 11) is 1.41. The molecule has 1 aromatic rings. The molecule has 1 fully saturated rings. The standard InChI is InChI=1S/C15H21FN2O2/c1-20-15(19)18-11-9-17(10-12-18)8-2-3-13-4-6-14(16)7-5-13/h4-7H,2-3,8-12H2,1H3. The average Bonchev–Trinajstić information content (AvgIpc) is 2.49. The Hall–Kier alpha value is -1.62. The molecule has 0 unspecified atom stereocenters. The molecule has 5 heteroatoms. The van der Waals surface area contributed by atoms with Gasteiger partial charge in [0.2, 0.25) is 0 Å². The second-order valence-electron chi connectivity index (χ2n) is 5.03. The van der Waals surface area contributed by atoms with E-state index in [0.29, 0.717) is 0 Å². The van der Waals surface area contributed by atoms with E-state index in [9.17, 15) is 9.18 Å². The average molecular weight is 280 g/mol. The first-order chi connectivity index (χ1) is 9.69. The van der Waals surface area contributed by atoms with Crippen LogP contribution in [-0.4, -0.2) is 55.7 Å². The van der Waals surface area contributed by atoms with Gasteiger partial charge in [-0.25, -0.2) is 9.18 Å². The third kappa shape index (κ3) is 4.20. The Bertz CT molecular complexity index is 428. The monoisotopic (exact) mass is 280 g/mol. The number of ether oxygens (including phenoxy) is 1. The number of benzene rings is 1. The van der Waals surface area contributed by atoms with E-state index in [1.807, 2.05) is 12.1 Å². The van der Waals surface area contributed by atoms with Gasteiger partial charge in [0.25, 0.3) is 0 Å². The van der Waals surface area contributed by atoms with Gasteiger partial charge in [-0.05, 0) is 37.1 Å². The van der Waals surface area contributed by atoms with Crippen molar-refractivity contribution in [3.05, 3.63) is 35.6 Å². The zero-order valence-corrected chi connectivity index (χ0v) is 11.8. The van der Waals surface area contributed by atoms with E-state index in [2.05, 4.69) is 4.90 Å². The molecule has 110 valence electrons. The number of nitrogens with zero attached hydrogens (tertiary/aromatic N) is 2. The summed E-state index contributed by atoms with van der Waals surface area (Å²) in [6, 6.07) is 6.68. The van der Waals surface area contributed by atoms with E-state index < -0.39 is 0 Å². The highest BCUT2D eigenvalue weighted by atomic mass is 19.1. The summed E-state index contributed by atoms with van der Waals surface area (Å²) in [6.07, 6.45) is 1.76. The third-order valence-electron chi connectivity index (χ3n) is 3.66. The smallest absolute Gasteiger partial charge is 0.409 e. The van der Waals surface area contributed by atoms with Crippen molar-refractivity contribution >= 4 is 6.09 Å². The van der Waals surface area contributed by atoms with E-state index >= 15 is 0 Å². The molecule has 0 aromatic heterocycles. The number of halogens is 1. The second-order valence-corrected chi connectivity index (χ2v) is 5.03. The minimum absolute atomic E-state index is 0.187. The highest BCUT2D eigenvalue weighted by molar-refractivity contribution is 5.67. The van der Waals surface area contributed by atoms with Gasteiger partial charge in [-0.2, -0.15) is 0 Å². The van der Waals surface area contributed by atoms with Crippen LogP contribution in [0.5, 0.6) is 0 Å². The van der Waals surface area contributed by atoms with Crippen molar-refractivity contribution in [2.75, 3.05) is 39.8 Å². The second kappa shape index (κ2) is 7.24. The van der Waals surface area contributed by atoms with Crippen molar-refractivity contribution in [3.8, 4) is 0 Å². The van der Waals surface area contributed by atoms with Gasteiger partial charge in [-0.3, -0.25) is 4.90 Å². The molecule has 4 nitrogen and oxygen atoms in total. The molecular weight excluding hydrogens is 259 g/mol. The van der Waals surface area contributed by atoms with Crippen LogP contribution in [0.25, 0.3) is 0 Å². The van der Waals surface area contributed by atoms with E-state index in [-0.39, 0.29) is 11.9 Å². The fourth-order valence-corrected chi connectivity index (χ4v) is 2.44. The van der Waals surface area contributed by atoms with Crippen molar-refractivity contribution in [1.29, 1.82) is 0 Å². The highest BCUT2D eigenvalue weighted by Gasteiger charge is 2.20. The molecule has 0 atom stereocenters. The van der Waals surface area contributed by atoms with E-state index in [1.165, 1.54) is 24.8 Å². The zero-order chi connectivity index (χ0) is 14.4. The van der Waals surface area contributed by atoms with E-state index in [1.54, 1.807) is 4.90 Å². The number of hydrogen-bond acceptors (Lipinski definition) is 3. The quantitative estimate of drug-likeness (QED) is 0.847. The third-order valence-corrected chi connectivity index (χ3v) is 3.66. The number of carbonyl (C=O) groups excluding carboxylic acids is 1. The molecule has 0 aliphatic carbocycles. The Labute approximate surface area is 119 Å². The van der Waals surface area contributed by atoms with Gasteiger partial charge in [0.1, 0.15) is 5.82 Å². The predicted molar refractivity (Wildman–Crippen MR) is 75.1 cm³/mol. The molecule has 1 saturated heterocycles. The maximum atomic E-state index is 12.8. The first kappa shape index (κ1) is 14.8. The summed E-state index contributed by atoms with van der Waals surface area (Å²) in [5.74, 6) is -0.187. The van der Waals surface area contributed by atoms with Gasteiger partial charge in [-0.15, -0.1) is 0 Å². The maximum absolute atomic E-state index is 12.8. The molecular formula is C15H21FN2O2. The lowest BCUT2D eigenvalue weighted by Crippen LogP contribution is -2.48. The van der Waals surface area contributed by atoms with Gasteiger partial charge < -0.3 is 9.64 Å². The Morgan fingerprint density at radius 3 is 2.45 bits per heavy atom. The Kier molecular flexibility index (Phi) is 5.35. The lowest BCUT2D eigenvalue weighted by atomic mass is 10.1. The Morgan fingerprint density at radius 2 is 1.85 bits per heavy atom. The fraction of sp³-hybridized carbons (Fsp3) is 0.533. The van der Waals surface area contributed by atoms with Crippen LogP contribution in [0.15, 0.2) is 24.3 Å². The first-order valence-corrected chi connectivity index (χ1v) is 6.99. The molecule has 0 bridgehead atoms. The minimum Gasteiger partial charge on any atom is -0.453 e. The summed E-state index contributed by atoms with van der Waals surface area (Å²) in [5, 5.41) is 0. The van der Waals surface area contributed by atoms with Crippen molar-refractivity contribution in [1.82, 2.24) is 9.80 Å². The van der Waals surface area contributed by atoms with Crippen LogP contribution in [0.1, 0.15) is 12.0 Å². The summed E-state index contributed by atoms with van der Waals surface area (Å²) in [5.41, 5.74) is 1.17. The van der Waals surface area contributed by atoms with Crippen LogP contribution in [0.2, 0.25) is 0 Å². The lowest BCUT2D eigenvalue weighted by Gasteiger charge is -2.33. The van der Waals surface area contributed by atoms with Crippen LogP contribution in [0, 0.1) is 5.82 Å². The summed E-state index contributed by atoms with van der Waals surface area (Å²) in [6.45, 7) is 4.23. The SMILES string of the molecule is COC(=O)N1CCN(CCCc2ccc(F)cc2)CC1. The van der Waals surface area contributed by atoms with Crippen molar-refractivity contribution < 1.29 is 13.9 Å². The van der Waals surface area contributed by atoms with Crippen LogP contribution >= 0.6 is 0 Å². The van der Waals surface area contributed by atoms with Crippen LogP contribution in [-0.2, 0) is 11.2 Å². The zero-order valence-electron chi connectivity index (χ0n) is 11.8. The molecule has 1 aliphatic rings. The number of carbonyl (C=O) groups is 1. The summed E-state index contributed by atoms with van der Waals surface area (Å²) >= 11 is 0. The molecule has 1 aromatic carbocycles. The van der Waals surface area contributed by atoms with Gasteiger partial charge in [-0.1, -0.05) is 12.1 Å². The van der Waals surface area contributed by atoms with Crippen LogP contribution in [0.4, 0.5) is 9.18 Å². The number of rotatable bonds is 4. The van der Waals surface area contributed by atoms with Crippen molar-refractivity contribution in [3.63, 3.8) is 0 Å². The number of piperazine rings is 1. The van der Waals surface area contributed by atoms with Gasteiger partial charge in [0.15, 0.2) is 0 Å². The Morgan fingerprint density at radius 1 is 1.20 bits per heavy atom. The number of methoxy groups -OCH3 is 1. The molecule has 0 N–H and O–H groups in total. The largest absolute Gasteiger partial charge is 0.453 e. The number of aryl methyl sites for hydroxylation is 1. The normalized spacial score (nSPS) is 16.2. The van der Waals surface area contributed by atoms with E-state index in [4.69, 9.17) is 4.74 Å². The molecule has 0 radical (unpaired) electrons.